The first-order valence-electron chi connectivity index (χ1n) is 6.62. The molecule has 0 spiro atoms. The van der Waals surface area contributed by atoms with E-state index in [4.69, 9.17) is 21.3 Å². The molecule has 3 rings (SSSR count). The van der Waals surface area contributed by atoms with Gasteiger partial charge in [0.1, 0.15) is 5.75 Å². The Morgan fingerprint density at radius 3 is 2.81 bits per heavy atom. The number of nitrogens with one attached hydrogen (secondary N) is 1. The maximum absolute atomic E-state index is 6.04. The predicted molar refractivity (Wildman–Crippen MR) is 90.7 cm³/mol. The van der Waals surface area contributed by atoms with E-state index in [0.29, 0.717) is 5.02 Å². The van der Waals surface area contributed by atoms with Gasteiger partial charge in [0.05, 0.1) is 18.8 Å². The van der Waals surface area contributed by atoms with Gasteiger partial charge < -0.3 is 10.1 Å². The van der Waals surface area contributed by atoms with Crippen LogP contribution in [0.1, 0.15) is 11.6 Å². The average Bonchev–Trinajstić information content (AvgIpc) is 2.97. The Hall–Kier alpha value is -1.65. The molecule has 1 heterocycles. The van der Waals surface area contributed by atoms with Crippen LogP contribution in [0.15, 0.2) is 53.5 Å². The van der Waals surface area contributed by atoms with Crippen molar-refractivity contribution in [1.29, 1.82) is 0 Å². The van der Waals surface area contributed by atoms with Crippen molar-refractivity contribution < 1.29 is 4.74 Å². The summed E-state index contributed by atoms with van der Waals surface area (Å²) >= 11 is 7.75. The molecule has 1 atom stereocenters. The summed E-state index contributed by atoms with van der Waals surface area (Å²) in [6, 6.07) is 16.0. The van der Waals surface area contributed by atoms with Crippen molar-refractivity contribution in [3.8, 4) is 5.75 Å². The first-order chi connectivity index (χ1) is 10.3. The number of rotatable bonds is 3. The molecule has 0 amide bonds. The van der Waals surface area contributed by atoms with Crippen LogP contribution in [0.4, 0.5) is 5.69 Å². The highest BCUT2D eigenvalue weighted by Crippen LogP contribution is 2.33. The monoisotopic (exact) mass is 318 g/mol. The Labute approximate surface area is 133 Å². The lowest BCUT2D eigenvalue weighted by atomic mass is 10.1. The summed E-state index contributed by atoms with van der Waals surface area (Å²) in [5.41, 5.74) is 2.07. The van der Waals surface area contributed by atoms with Crippen molar-refractivity contribution in [3.05, 3.63) is 59.1 Å². The van der Waals surface area contributed by atoms with Gasteiger partial charge >= 0.3 is 0 Å². The number of amidine groups is 1. The normalized spacial score (nSPS) is 17.4. The third-order valence-corrected chi connectivity index (χ3v) is 4.44. The van der Waals surface area contributed by atoms with E-state index in [1.165, 1.54) is 5.56 Å². The van der Waals surface area contributed by atoms with Gasteiger partial charge in [-0.2, -0.15) is 0 Å². The number of methoxy groups -OCH3 is 1. The van der Waals surface area contributed by atoms with Crippen LogP contribution >= 0.6 is 23.4 Å². The molecule has 0 aromatic heterocycles. The van der Waals surface area contributed by atoms with Crippen LogP contribution in [0.3, 0.4) is 0 Å². The minimum atomic E-state index is 0.198. The van der Waals surface area contributed by atoms with Crippen molar-refractivity contribution in [1.82, 2.24) is 0 Å². The average molecular weight is 319 g/mol. The number of hydrogen-bond acceptors (Lipinski definition) is 4. The van der Waals surface area contributed by atoms with Gasteiger partial charge in [-0.15, -0.1) is 0 Å². The van der Waals surface area contributed by atoms with Crippen LogP contribution in [0.5, 0.6) is 5.75 Å². The highest BCUT2D eigenvalue weighted by Gasteiger charge is 2.20. The molecule has 0 aliphatic carbocycles. The molecule has 0 fully saturated rings. The third-order valence-electron chi connectivity index (χ3n) is 3.24. The number of hydrogen-bond donors (Lipinski definition) is 1. The lowest BCUT2D eigenvalue weighted by Crippen LogP contribution is -2.06. The summed E-state index contributed by atoms with van der Waals surface area (Å²) in [4.78, 5) is 4.73. The summed E-state index contributed by atoms with van der Waals surface area (Å²) in [5, 5.41) is 4.87. The van der Waals surface area contributed by atoms with Gasteiger partial charge in [0, 0.05) is 10.8 Å². The first kappa shape index (κ1) is 14.3. The molecule has 5 heteroatoms. The highest BCUT2D eigenvalue weighted by atomic mass is 35.5. The van der Waals surface area contributed by atoms with Gasteiger partial charge in [-0.25, -0.2) is 0 Å². The van der Waals surface area contributed by atoms with Gasteiger partial charge in [-0.05, 0) is 23.8 Å². The van der Waals surface area contributed by atoms with Gasteiger partial charge in [0.2, 0.25) is 0 Å². The smallest absolute Gasteiger partial charge is 0.161 e. The van der Waals surface area contributed by atoms with E-state index in [-0.39, 0.29) is 6.04 Å². The molecular formula is C16H15ClN2OS. The molecule has 0 bridgehead atoms. The minimum Gasteiger partial charge on any atom is -0.495 e. The van der Waals surface area contributed by atoms with Crippen molar-refractivity contribution >= 4 is 34.2 Å². The van der Waals surface area contributed by atoms with E-state index in [1.807, 2.05) is 36.4 Å². The zero-order valence-electron chi connectivity index (χ0n) is 11.5. The molecule has 2 aromatic carbocycles. The zero-order valence-corrected chi connectivity index (χ0v) is 13.1. The molecule has 1 N–H and O–H groups in total. The number of halogens is 1. The van der Waals surface area contributed by atoms with E-state index in [0.717, 1.165) is 22.4 Å². The SMILES string of the molecule is COc1ccc(Cl)cc1NC1=NC(c2ccccc2)CS1. The van der Waals surface area contributed by atoms with Gasteiger partial charge in [-0.1, -0.05) is 53.7 Å². The fraction of sp³-hybridized carbons (Fsp3) is 0.188. The van der Waals surface area contributed by atoms with E-state index in [1.54, 1.807) is 18.9 Å². The minimum absolute atomic E-state index is 0.198. The van der Waals surface area contributed by atoms with E-state index >= 15 is 0 Å². The number of thioether (sulfide) groups is 1. The molecule has 0 saturated heterocycles. The van der Waals surface area contributed by atoms with Gasteiger partial charge in [-0.3, -0.25) is 4.99 Å². The lowest BCUT2D eigenvalue weighted by molar-refractivity contribution is 0.417. The predicted octanol–water partition coefficient (Wildman–Crippen LogP) is 4.60. The topological polar surface area (TPSA) is 33.6 Å². The number of aliphatic imine (C=N–C) groups is 1. The van der Waals surface area contributed by atoms with Crippen LogP contribution < -0.4 is 10.1 Å². The van der Waals surface area contributed by atoms with Crippen molar-refractivity contribution in [2.24, 2.45) is 4.99 Å². The van der Waals surface area contributed by atoms with E-state index in [2.05, 4.69) is 17.4 Å². The van der Waals surface area contributed by atoms with Crippen LogP contribution in [-0.2, 0) is 0 Å². The molecule has 108 valence electrons. The Bertz CT molecular complexity index is 661. The third kappa shape index (κ3) is 3.34. The van der Waals surface area contributed by atoms with Crippen molar-refractivity contribution in [2.75, 3.05) is 18.2 Å². The van der Waals surface area contributed by atoms with E-state index < -0.39 is 0 Å². The second-order valence-corrected chi connectivity index (χ2v) is 6.09. The van der Waals surface area contributed by atoms with Crippen LogP contribution in [0, 0.1) is 0 Å². The molecule has 1 unspecified atom stereocenters. The highest BCUT2D eigenvalue weighted by molar-refractivity contribution is 8.14. The molecule has 1 aliphatic heterocycles. The largest absolute Gasteiger partial charge is 0.495 e. The molecule has 0 saturated carbocycles. The zero-order chi connectivity index (χ0) is 14.7. The number of benzene rings is 2. The fourth-order valence-corrected chi connectivity index (χ4v) is 3.32. The summed E-state index contributed by atoms with van der Waals surface area (Å²) in [5.74, 6) is 1.70. The van der Waals surface area contributed by atoms with Gasteiger partial charge in [0.15, 0.2) is 5.17 Å². The summed E-state index contributed by atoms with van der Waals surface area (Å²) in [7, 11) is 1.64. The first-order valence-corrected chi connectivity index (χ1v) is 7.99. The molecule has 21 heavy (non-hydrogen) atoms. The quantitative estimate of drug-likeness (QED) is 0.897. The van der Waals surface area contributed by atoms with Crippen LogP contribution in [0.25, 0.3) is 0 Å². The fourth-order valence-electron chi connectivity index (χ4n) is 2.18. The Morgan fingerprint density at radius 2 is 2.05 bits per heavy atom. The number of anilines is 1. The second kappa shape index (κ2) is 6.41. The Morgan fingerprint density at radius 1 is 1.24 bits per heavy atom. The van der Waals surface area contributed by atoms with Crippen molar-refractivity contribution in [2.45, 2.75) is 6.04 Å². The maximum Gasteiger partial charge on any atom is 0.161 e. The molecule has 2 aromatic rings. The molecular weight excluding hydrogens is 304 g/mol. The van der Waals surface area contributed by atoms with E-state index in [9.17, 15) is 0 Å². The van der Waals surface area contributed by atoms with Crippen molar-refractivity contribution in [3.63, 3.8) is 0 Å². The van der Waals surface area contributed by atoms with Crippen LogP contribution in [0.2, 0.25) is 5.02 Å². The number of nitrogens with zero attached hydrogens (tertiary/aromatic N) is 1. The Kier molecular flexibility index (Phi) is 4.36. The van der Waals surface area contributed by atoms with Gasteiger partial charge in [0.25, 0.3) is 0 Å². The maximum atomic E-state index is 6.04. The number of ether oxygens (including phenoxy) is 1. The molecule has 0 radical (unpaired) electrons. The second-order valence-electron chi connectivity index (χ2n) is 4.64. The van der Waals surface area contributed by atoms with Crippen LogP contribution in [-0.4, -0.2) is 18.0 Å². The summed E-state index contributed by atoms with van der Waals surface area (Å²) in [6.45, 7) is 0. The molecule has 1 aliphatic rings. The Balaban J connectivity index is 1.79. The lowest BCUT2D eigenvalue weighted by Gasteiger charge is -2.10. The standard InChI is InChI=1S/C16H15ClN2OS/c1-20-15-8-7-12(17)9-13(15)18-16-19-14(10-21-16)11-5-3-2-4-6-11/h2-9,14H,10H2,1H3,(H,18,19). The summed E-state index contributed by atoms with van der Waals surface area (Å²) < 4.78 is 5.34. The molecule has 3 nitrogen and oxygen atoms in total. The summed E-state index contributed by atoms with van der Waals surface area (Å²) in [6.07, 6.45) is 0.